The SMILES string of the molecule is CNC(=O)c1ccc(CCCCNC(=O)C=Cc2cccnc2)nc1NC(C)C. The molecule has 2 heterocycles. The van der Waals surface area contributed by atoms with E-state index in [0.717, 1.165) is 30.5 Å². The summed E-state index contributed by atoms with van der Waals surface area (Å²) in [5.74, 6) is 0.324. The summed E-state index contributed by atoms with van der Waals surface area (Å²) >= 11 is 0. The molecule has 0 aromatic carbocycles. The Balaban J connectivity index is 1.79. The maximum Gasteiger partial charge on any atom is 0.254 e. The molecular formula is C22H29N5O2. The summed E-state index contributed by atoms with van der Waals surface area (Å²) in [5, 5.41) is 8.75. The first-order valence-electron chi connectivity index (χ1n) is 9.84. The number of aromatic nitrogens is 2. The summed E-state index contributed by atoms with van der Waals surface area (Å²) in [7, 11) is 1.61. The van der Waals surface area contributed by atoms with Crippen molar-refractivity contribution in [1.82, 2.24) is 20.6 Å². The molecule has 0 saturated carbocycles. The molecule has 0 radical (unpaired) electrons. The number of amides is 2. The molecule has 7 nitrogen and oxygen atoms in total. The number of carbonyl (C=O) groups is 2. The van der Waals surface area contributed by atoms with E-state index in [4.69, 9.17) is 0 Å². The van der Waals surface area contributed by atoms with Crippen molar-refractivity contribution < 1.29 is 9.59 Å². The quantitative estimate of drug-likeness (QED) is 0.425. The molecule has 154 valence electrons. The highest BCUT2D eigenvalue weighted by molar-refractivity contribution is 5.98. The number of hydrogen-bond donors (Lipinski definition) is 3. The van der Waals surface area contributed by atoms with E-state index in [1.807, 2.05) is 32.0 Å². The van der Waals surface area contributed by atoms with Gasteiger partial charge in [0.1, 0.15) is 5.82 Å². The standard InChI is InChI=1S/C22H29N5O2/c1-16(2)26-21-19(22(29)23-3)11-10-18(27-21)8-4-5-14-25-20(28)12-9-17-7-6-13-24-15-17/h6-7,9-13,15-16H,4-5,8,14H2,1-3H3,(H,23,29)(H,25,28)(H,26,27). The number of carbonyl (C=O) groups excluding carboxylic acids is 2. The average Bonchev–Trinajstić information content (AvgIpc) is 2.72. The molecule has 3 N–H and O–H groups in total. The highest BCUT2D eigenvalue weighted by Crippen LogP contribution is 2.16. The zero-order valence-electron chi connectivity index (χ0n) is 17.2. The molecule has 2 rings (SSSR count). The highest BCUT2D eigenvalue weighted by atomic mass is 16.2. The topological polar surface area (TPSA) is 96.0 Å². The maximum absolute atomic E-state index is 12.0. The summed E-state index contributed by atoms with van der Waals surface area (Å²) in [6.45, 7) is 4.62. The molecule has 0 saturated heterocycles. The lowest BCUT2D eigenvalue weighted by molar-refractivity contribution is -0.116. The van der Waals surface area contributed by atoms with Gasteiger partial charge in [-0.1, -0.05) is 6.07 Å². The lowest BCUT2D eigenvalue weighted by atomic mass is 10.1. The molecule has 2 aromatic rings. The number of rotatable bonds is 10. The summed E-state index contributed by atoms with van der Waals surface area (Å²) in [6.07, 6.45) is 9.17. The van der Waals surface area contributed by atoms with Crippen molar-refractivity contribution in [3.05, 3.63) is 59.6 Å². The van der Waals surface area contributed by atoms with E-state index in [9.17, 15) is 9.59 Å². The van der Waals surface area contributed by atoms with E-state index in [1.54, 1.807) is 31.6 Å². The molecule has 29 heavy (non-hydrogen) atoms. The van der Waals surface area contributed by atoms with Crippen LogP contribution in [0.4, 0.5) is 5.82 Å². The molecule has 0 bridgehead atoms. The van der Waals surface area contributed by atoms with Crippen molar-refractivity contribution in [3.63, 3.8) is 0 Å². The Labute approximate surface area is 172 Å². The predicted molar refractivity (Wildman–Crippen MR) is 116 cm³/mol. The van der Waals surface area contributed by atoms with Gasteiger partial charge in [-0.15, -0.1) is 0 Å². The molecule has 7 heteroatoms. The van der Waals surface area contributed by atoms with Gasteiger partial charge >= 0.3 is 0 Å². The van der Waals surface area contributed by atoms with E-state index in [1.165, 1.54) is 6.08 Å². The Morgan fingerprint density at radius 3 is 2.69 bits per heavy atom. The third-order valence-electron chi connectivity index (χ3n) is 4.12. The minimum absolute atomic E-state index is 0.120. The molecule has 0 atom stereocenters. The zero-order valence-corrected chi connectivity index (χ0v) is 17.2. The van der Waals surface area contributed by atoms with Crippen LogP contribution in [0, 0.1) is 0 Å². The second-order valence-corrected chi connectivity index (χ2v) is 6.94. The average molecular weight is 396 g/mol. The Bertz CT molecular complexity index is 834. The number of hydrogen-bond acceptors (Lipinski definition) is 5. The summed E-state index contributed by atoms with van der Waals surface area (Å²) in [5.41, 5.74) is 2.35. The number of nitrogens with zero attached hydrogens (tertiary/aromatic N) is 2. The number of aryl methyl sites for hydroxylation is 1. The van der Waals surface area contributed by atoms with Crippen LogP contribution in [0.3, 0.4) is 0 Å². The summed E-state index contributed by atoms with van der Waals surface area (Å²) < 4.78 is 0. The number of pyridine rings is 2. The Hall–Kier alpha value is -3.22. The van der Waals surface area contributed by atoms with Crippen molar-refractivity contribution in [2.75, 3.05) is 18.9 Å². The number of unbranched alkanes of at least 4 members (excludes halogenated alkanes) is 1. The monoisotopic (exact) mass is 395 g/mol. The van der Waals surface area contributed by atoms with Crippen LogP contribution in [-0.2, 0) is 11.2 Å². The van der Waals surface area contributed by atoms with Gasteiger partial charge in [0.05, 0.1) is 5.56 Å². The van der Waals surface area contributed by atoms with Crippen LogP contribution in [-0.4, -0.2) is 41.4 Å². The van der Waals surface area contributed by atoms with E-state index in [-0.39, 0.29) is 17.9 Å². The van der Waals surface area contributed by atoms with Crippen molar-refractivity contribution in [2.24, 2.45) is 0 Å². The minimum atomic E-state index is -0.158. The fourth-order valence-corrected chi connectivity index (χ4v) is 2.69. The van der Waals surface area contributed by atoms with Gasteiger partial charge in [-0.05, 0) is 62.9 Å². The van der Waals surface area contributed by atoms with Crippen molar-refractivity contribution in [3.8, 4) is 0 Å². The lowest BCUT2D eigenvalue weighted by Gasteiger charge is -2.14. The molecule has 0 fully saturated rings. The first-order valence-corrected chi connectivity index (χ1v) is 9.84. The summed E-state index contributed by atoms with van der Waals surface area (Å²) in [4.78, 5) is 32.4. The molecule has 0 spiro atoms. The number of anilines is 1. The molecule has 2 amide bonds. The fraction of sp³-hybridized carbons (Fsp3) is 0.364. The zero-order chi connectivity index (χ0) is 21.1. The third kappa shape index (κ3) is 7.73. The van der Waals surface area contributed by atoms with Gasteiger partial charge in [0.2, 0.25) is 5.91 Å². The smallest absolute Gasteiger partial charge is 0.254 e. The fourth-order valence-electron chi connectivity index (χ4n) is 2.69. The molecular weight excluding hydrogens is 366 g/mol. The van der Waals surface area contributed by atoms with Crippen molar-refractivity contribution >= 4 is 23.7 Å². The van der Waals surface area contributed by atoms with Crippen LogP contribution in [0.1, 0.15) is 48.3 Å². The number of nitrogens with one attached hydrogen (secondary N) is 3. The molecule has 0 aliphatic carbocycles. The van der Waals surface area contributed by atoms with Crippen LogP contribution in [0.2, 0.25) is 0 Å². The van der Waals surface area contributed by atoms with Crippen LogP contribution < -0.4 is 16.0 Å². The van der Waals surface area contributed by atoms with E-state index < -0.39 is 0 Å². The highest BCUT2D eigenvalue weighted by Gasteiger charge is 2.13. The second-order valence-electron chi connectivity index (χ2n) is 6.94. The second kappa shape index (κ2) is 11.6. The van der Waals surface area contributed by atoms with E-state index in [2.05, 4.69) is 25.9 Å². The Kier molecular flexibility index (Phi) is 8.82. The minimum Gasteiger partial charge on any atom is -0.367 e. The van der Waals surface area contributed by atoms with Gasteiger partial charge in [0.25, 0.3) is 5.91 Å². The molecule has 0 unspecified atom stereocenters. The van der Waals surface area contributed by atoms with Gasteiger partial charge < -0.3 is 16.0 Å². The largest absolute Gasteiger partial charge is 0.367 e. The first-order chi connectivity index (χ1) is 14.0. The van der Waals surface area contributed by atoms with Gasteiger partial charge in [0, 0.05) is 43.8 Å². The van der Waals surface area contributed by atoms with Gasteiger partial charge in [-0.2, -0.15) is 0 Å². The van der Waals surface area contributed by atoms with Crippen LogP contribution in [0.25, 0.3) is 6.08 Å². The normalized spacial score (nSPS) is 10.9. The molecule has 0 aliphatic rings. The first kappa shape index (κ1) is 22.1. The van der Waals surface area contributed by atoms with Crippen molar-refractivity contribution in [1.29, 1.82) is 0 Å². The molecule has 0 aliphatic heterocycles. The Morgan fingerprint density at radius 2 is 2.00 bits per heavy atom. The Morgan fingerprint density at radius 1 is 1.17 bits per heavy atom. The van der Waals surface area contributed by atoms with E-state index >= 15 is 0 Å². The van der Waals surface area contributed by atoms with Crippen LogP contribution in [0.5, 0.6) is 0 Å². The predicted octanol–water partition coefficient (Wildman–Crippen LogP) is 2.81. The molecule has 2 aromatic heterocycles. The third-order valence-corrected chi connectivity index (χ3v) is 4.12. The van der Waals surface area contributed by atoms with Gasteiger partial charge in [-0.3, -0.25) is 14.6 Å². The van der Waals surface area contributed by atoms with Crippen molar-refractivity contribution in [2.45, 2.75) is 39.2 Å². The van der Waals surface area contributed by atoms with Gasteiger partial charge in [-0.25, -0.2) is 4.98 Å². The summed E-state index contributed by atoms with van der Waals surface area (Å²) in [6, 6.07) is 7.58. The van der Waals surface area contributed by atoms with E-state index in [0.29, 0.717) is 17.9 Å². The van der Waals surface area contributed by atoms with Crippen LogP contribution in [0.15, 0.2) is 42.7 Å². The maximum atomic E-state index is 12.0. The van der Waals surface area contributed by atoms with Gasteiger partial charge in [0.15, 0.2) is 0 Å². The lowest BCUT2D eigenvalue weighted by Crippen LogP contribution is -2.23. The van der Waals surface area contributed by atoms with Crippen LogP contribution >= 0.6 is 0 Å².